The van der Waals surface area contributed by atoms with E-state index < -0.39 is 5.54 Å². The number of nitrogens with zero attached hydrogens (tertiary/aromatic N) is 3. The van der Waals surface area contributed by atoms with E-state index >= 15 is 0 Å². The van der Waals surface area contributed by atoms with Crippen LogP contribution in [0, 0.1) is 11.3 Å². The molecular formula is C20H19N3O. The van der Waals surface area contributed by atoms with Crippen LogP contribution in [0.1, 0.15) is 16.7 Å². The zero-order chi connectivity index (χ0) is 17.2. The standard InChI is InChI=1S/C20H19N3O/c1-22(2)19(24)23-13-12-17-10-6-7-11-18(17)20(23,15-21)14-16-8-4-3-5-9-16/h3-13H,14H2,1-2H3. The molecule has 1 unspecified atom stereocenters. The molecule has 4 nitrogen and oxygen atoms in total. The molecule has 4 heteroatoms. The average molecular weight is 317 g/mol. The van der Waals surface area contributed by atoms with Gasteiger partial charge in [-0.3, -0.25) is 4.90 Å². The van der Waals surface area contributed by atoms with E-state index in [9.17, 15) is 10.1 Å². The first kappa shape index (κ1) is 15.8. The third kappa shape index (κ3) is 2.55. The van der Waals surface area contributed by atoms with Crippen molar-refractivity contribution in [2.45, 2.75) is 12.0 Å². The van der Waals surface area contributed by atoms with E-state index in [1.165, 1.54) is 4.90 Å². The molecule has 120 valence electrons. The van der Waals surface area contributed by atoms with Gasteiger partial charge >= 0.3 is 6.03 Å². The first-order chi connectivity index (χ1) is 11.6. The lowest BCUT2D eigenvalue weighted by Crippen LogP contribution is -2.52. The van der Waals surface area contributed by atoms with Crippen LogP contribution in [0.15, 0.2) is 60.8 Å². The lowest BCUT2D eigenvalue weighted by Gasteiger charge is -2.41. The number of benzene rings is 2. The predicted octanol–water partition coefficient (Wildman–Crippen LogP) is 3.62. The number of hydrogen-bond donors (Lipinski definition) is 0. The second-order valence-electron chi connectivity index (χ2n) is 6.08. The zero-order valence-electron chi connectivity index (χ0n) is 13.8. The van der Waals surface area contributed by atoms with Crippen LogP contribution in [0.25, 0.3) is 6.08 Å². The molecular weight excluding hydrogens is 298 g/mol. The number of carbonyl (C=O) groups excluding carboxylic acids is 1. The van der Waals surface area contributed by atoms with E-state index in [0.717, 1.165) is 16.7 Å². The quantitative estimate of drug-likeness (QED) is 0.849. The minimum absolute atomic E-state index is 0.210. The van der Waals surface area contributed by atoms with Gasteiger partial charge in [0.2, 0.25) is 0 Å². The maximum Gasteiger partial charge on any atom is 0.325 e. The number of rotatable bonds is 2. The number of carbonyl (C=O) groups is 1. The summed E-state index contributed by atoms with van der Waals surface area (Å²) in [5.74, 6) is 0. The molecule has 3 rings (SSSR count). The number of nitriles is 1. The fourth-order valence-corrected chi connectivity index (χ4v) is 3.10. The summed E-state index contributed by atoms with van der Waals surface area (Å²) in [5, 5.41) is 10.2. The highest BCUT2D eigenvalue weighted by Gasteiger charge is 2.44. The second kappa shape index (κ2) is 6.21. The first-order valence-electron chi connectivity index (χ1n) is 7.82. The molecule has 0 saturated carbocycles. The molecule has 0 radical (unpaired) electrons. The van der Waals surface area contributed by atoms with Crippen LogP contribution in [-0.4, -0.2) is 29.9 Å². The molecule has 0 aliphatic carbocycles. The molecule has 2 aromatic rings. The third-order valence-electron chi connectivity index (χ3n) is 4.30. The lowest BCUT2D eigenvalue weighted by atomic mass is 9.79. The molecule has 1 heterocycles. The lowest BCUT2D eigenvalue weighted by molar-refractivity contribution is 0.152. The summed E-state index contributed by atoms with van der Waals surface area (Å²) in [4.78, 5) is 15.8. The van der Waals surface area contributed by atoms with Crippen molar-refractivity contribution in [1.82, 2.24) is 9.80 Å². The predicted molar refractivity (Wildman–Crippen MR) is 93.8 cm³/mol. The van der Waals surface area contributed by atoms with Gasteiger partial charge in [0.15, 0.2) is 5.54 Å². The molecule has 1 aliphatic rings. The average Bonchev–Trinajstić information content (AvgIpc) is 2.62. The fourth-order valence-electron chi connectivity index (χ4n) is 3.10. The molecule has 0 bridgehead atoms. The Hall–Kier alpha value is -3.06. The van der Waals surface area contributed by atoms with Gasteiger partial charge in [0, 0.05) is 32.3 Å². The number of fused-ring (bicyclic) bond motifs is 1. The summed E-state index contributed by atoms with van der Waals surface area (Å²) in [6.07, 6.45) is 4.04. The Labute approximate surface area is 142 Å². The van der Waals surface area contributed by atoms with Crippen molar-refractivity contribution in [3.8, 4) is 6.07 Å². The van der Waals surface area contributed by atoms with Crippen LogP contribution in [-0.2, 0) is 12.0 Å². The highest BCUT2D eigenvalue weighted by Crippen LogP contribution is 2.39. The van der Waals surface area contributed by atoms with Gasteiger partial charge in [-0.05, 0) is 17.2 Å². The summed E-state index contributed by atoms with van der Waals surface area (Å²) in [5.41, 5.74) is 1.78. The summed E-state index contributed by atoms with van der Waals surface area (Å²) >= 11 is 0. The van der Waals surface area contributed by atoms with Crippen molar-refractivity contribution in [3.05, 3.63) is 77.5 Å². The van der Waals surface area contributed by atoms with Crippen LogP contribution in [0.2, 0.25) is 0 Å². The van der Waals surface area contributed by atoms with Gasteiger partial charge < -0.3 is 4.90 Å². The van der Waals surface area contributed by atoms with E-state index in [1.54, 1.807) is 25.2 Å². The largest absolute Gasteiger partial charge is 0.330 e. The zero-order valence-corrected chi connectivity index (χ0v) is 13.8. The van der Waals surface area contributed by atoms with Gasteiger partial charge in [-0.2, -0.15) is 5.26 Å². The van der Waals surface area contributed by atoms with Crippen molar-refractivity contribution in [2.24, 2.45) is 0 Å². The molecule has 2 amide bonds. The minimum Gasteiger partial charge on any atom is -0.330 e. The number of amides is 2. The van der Waals surface area contributed by atoms with E-state index in [4.69, 9.17) is 0 Å². The maximum atomic E-state index is 12.7. The van der Waals surface area contributed by atoms with Crippen molar-refractivity contribution >= 4 is 12.1 Å². The van der Waals surface area contributed by atoms with Crippen LogP contribution in [0.4, 0.5) is 4.79 Å². The number of hydrogen-bond acceptors (Lipinski definition) is 2. The molecule has 0 N–H and O–H groups in total. The highest BCUT2D eigenvalue weighted by atomic mass is 16.2. The molecule has 0 aromatic heterocycles. The topological polar surface area (TPSA) is 47.3 Å². The third-order valence-corrected chi connectivity index (χ3v) is 4.30. The van der Waals surface area contributed by atoms with E-state index in [2.05, 4.69) is 6.07 Å². The van der Waals surface area contributed by atoms with Crippen molar-refractivity contribution in [2.75, 3.05) is 14.1 Å². The van der Waals surface area contributed by atoms with Gasteiger partial charge in [0.05, 0.1) is 6.07 Å². The van der Waals surface area contributed by atoms with E-state index in [1.807, 2.05) is 60.7 Å². The maximum absolute atomic E-state index is 12.7. The molecule has 0 saturated heterocycles. The van der Waals surface area contributed by atoms with E-state index in [0.29, 0.717) is 6.42 Å². The summed E-state index contributed by atoms with van der Waals surface area (Å²) in [7, 11) is 3.39. The Bertz CT molecular complexity index is 820. The molecule has 2 aromatic carbocycles. The van der Waals surface area contributed by atoms with Crippen molar-refractivity contribution < 1.29 is 4.79 Å². The molecule has 24 heavy (non-hydrogen) atoms. The summed E-state index contributed by atoms with van der Waals surface area (Å²) in [6, 6.07) is 19.8. The highest BCUT2D eigenvalue weighted by molar-refractivity contribution is 5.80. The van der Waals surface area contributed by atoms with Crippen LogP contribution in [0.3, 0.4) is 0 Å². The van der Waals surface area contributed by atoms with Gasteiger partial charge in [-0.1, -0.05) is 54.6 Å². The van der Waals surface area contributed by atoms with Crippen molar-refractivity contribution in [1.29, 1.82) is 5.26 Å². The monoisotopic (exact) mass is 317 g/mol. The van der Waals surface area contributed by atoms with Gasteiger partial charge in [0.1, 0.15) is 0 Å². The van der Waals surface area contributed by atoms with Crippen LogP contribution < -0.4 is 0 Å². The van der Waals surface area contributed by atoms with Crippen LogP contribution in [0.5, 0.6) is 0 Å². The van der Waals surface area contributed by atoms with Crippen molar-refractivity contribution in [3.63, 3.8) is 0 Å². The summed E-state index contributed by atoms with van der Waals surface area (Å²) in [6.45, 7) is 0. The number of urea groups is 1. The van der Waals surface area contributed by atoms with Gasteiger partial charge in [0.25, 0.3) is 0 Å². The Morgan fingerprint density at radius 3 is 2.46 bits per heavy atom. The summed E-state index contributed by atoms with van der Waals surface area (Å²) < 4.78 is 0. The SMILES string of the molecule is CN(C)C(=O)N1C=Cc2ccccc2C1(C#N)Cc1ccccc1. The second-order valence-corrected chi connectivity index (χ2v) is 6.08. The normalized spacial score (nSPS) is 18.6. The Balaban J connectivity index is 2.17. The van der Waals surface area contributed by atoms with Crippen LogP contribution >= 0.6 is 0 Å². The van der Waals surface area contributed by atoms with Gasteiger partial charge in [-0.25, -0.2) is 4.79 Å². The van der Waals surface area contributed by atoms with E-state index in [-0.39, 0.29) is 6.03 Å². The Morgan fingerprint density at radius 2 is 1.79 bits per heavy atom. The van der Waals surface area contributed by atoms with Gasteiger partial charge in [-0.15, -0.1) is 0 Å². The Morgan fingerprint density at radius 1 is 1.12 bits per heavy atom. The fraction of sp³-hybridized carbons (Fsp3) is 0.200. The molecule has 1 atom stereocenters. The molecule has 0 spiro atoms. The Kier molecular flexibility index (Phi) is 4.09. The molecule has 0 fully saturated rings. The first-order valence-corrected chi connectivity index (χ1v) is 7.82. The minimum atomic E-state index is -1.06. The smallest absolute Gasteiger partial charge is 0.325 e. The molecule has 1 aliphatic heterocycles.